The number of nitrogens with zero attached hydrogens (tertiary/aromatic N) is 4. The van der Waals surface area contributed by atoms with Crippen LogP contribution in [0, 0.1) is 6.92 Å². The van der Waals surface area contributed by atoms with Gasteiger partial charge in [-0.05, 0) is 55.5 Å². The molecule has 1 saturated heterocycles. The highest BCUT2D eigenvalue weighted by molar-refractivity contribution is 5.92. The maximum Gasteiger partial charge on any atom is 0.274 e. The molecule has 0 radical (unpaired) electrons. The number of carbonyl (C=O) groups is 1. The van der Waals surface area contributed by atoms with Gasteiger partial charge in [0.05, 0.1) is 0 Å². The summed E-state index contributed by atoms with van der Waals surface area (Å²) >= 11 is 0. The Morgan fingerprint density at radius 3 is 2.67 bits per heavy atom. The first-order chi connectivity index (χ1) is 14.5. The third kappa shape index (κ3) is 4.48. The molecule has 3 aromatic rings. The summed E-state index contributed by atoms with van der Waals surface area (Å²) < 4.78 is 1.20. The number of amides is 1. The quantitative estimate of drug-likeness (QED) is 0.673. The fourth-order valence-corrected chi connectivity index (χ4v) is 4.09. The van der Waals surface area contributed by atoms with E-state index in [0.29, 0.717) is 18.8 Å². The maximum absolute atomic E-state index is 12.9. The topological polar surface area (TPSA) is 68.1 Å². The molecule has 0 saturated carbocycles. The van der Waals surface area contributed by atoms with Crippen molar-refractivity contribution in [3.05, 3.63) is 93.2 Å². The van der Waals surface area contributed by atoms with Crippen LogP contribution in [0.3, 0.4) is 0 Å². The first-order valence-corrected chi connectivity index (χ1v) is 10.3. The Morgan fingerprint density at radius 2 is 1.90 bits per heavy atom. The normalized spacial score (nSPS) is 16.5. The lowest BCUT2D eigenvalue weighted by Crippen LogP contribution is -2.40. The van der Waals surface area contributed by atoms with Gasteiger partial charge in [0.2, 0.25) is 0 Å². The maximum atomic E-state index is 12.9. The molecule has 0 spiro atoms. The molecule has 0 N–H and O–H groups in total. The molecular weight excluding hydrogens is 376 g/mol. The molecular formula is C24H26N4O2. The lowest BCUT2D eigenvalue weighted by Gasteiger charge is -2.32. The molecule has 1 fully saturated rings. The van der Waals surface area contributed by atoms with Gasteiger partial charge >= 0.3 is 0 Å². The molecule has 1 amide bonds. The lowest BCUT2D eigenvalue weighted by atomic mass is 9.92. The minimum absolute atomic E-state index is 0.132. The minimum Gasteiger partial charge on any atom is -0.337 e. The largest absolute Gasteiger partial charge is 0.337 e. The molecule has 1 unspecified atom stereocenters. The van der Waals surface area contributed by atoms with E-state index in [1.807, 2.05) is 17.9 Å². The van der Waals surface area contributed by atoms with Gasteiger partial charge < -0.3 is 4.90 Å². The number of aromatic nitrogens is 3. The number of piperidine rings is 1. The molecule has 3 heterocycles. The summed E-state index contributed by atoms with van der Waals surface area (Å²) in [6, 6.07) is 17.6. The van der Waals surface area contributed by atoms with Gasteiger partial charge in [-0.2, -0.15) is 5.10 Å². The molecule has 1 aromatic carbocycles. The number of rotatable bonds is 4. The van der Waals surface area contributed by atoms with E-state index in [1.165, 1.54) is 27.9 Å². The summed E-state index contributed by atoms with van der Waals surface area (Å²) in [7, 11) is 1.56. The van der Waals surface area contributed by atoms with Crippen LogP contribution in [0.2, 0.25) is 0 Å². The molecule has 4 rings (SSSR count). The van der Waals surface area contributed by atoms with Crippen molar-refractivity contribution in [1.29, 1.82) is 0 Å². The molecule has 1 atom stereocenters. The van der Waals surface area contributed by atoms with Crippen molar-refractivity contribution in [2.24, 2.45) is 7.05 Å². The Morgan fingerprint density at radius 1 is 1.10 bits per heavy atom. The van der Waals surface area contributed by atoms with Gasteiger partial charge in [-0.1, -0.05) is 30.3 Å². The van der Waals surface area contributed by atoms with Crippen molar-refractivity contribution in [2.45, 2.75) is 32.1 Å². The Labute approximate surface area is 176 Å². The molecule has 0 aliphatic carbocycles. The number of pyridine rings is 1. The number of carbonyl (C=O) groups excluding carboxylic acids is 1. The van der Waals surface area contributed by atoms with Crippen molar-refractivity contribution in [3.8, 4) is 0 Å². The van der Waals surface area contributed by atoms with Gasteiger partial charge in [0.1, 0.15) is 5.69 Å². The minimum atomic E-state index is -0.224. The zero-order valence-electron chi connectivity index (χ0n) is 17.4. The first-order valence-electron chi connectivity index (χ1n) is 10.3. The standard InChI is InChI=1S/C24H26N4O2/c1-17-13-19(14-18-7-4-3-5-8-18)15-22(25-17)20-9-6-12-28(16-20)24(30)21-10-11-23(29)27(2)26-21/h3-5,7-8,10-11,13,15,20H,6,9,12,14,16H2,1-2H3. The SMILES string of the molecule is Cc1cc(Cc2ccccc2)cc(C2CCCN(C(=O)c3ccc(=O)n(C)n3)C2)n1. The second-order valence-corrected chi connectivity index (χ2v) is 7.97. The van der Waals surface area contributed by atoms with E-state index in [0.717, 1.165) is 30.7 Å². The van der Waals surface area contributed by atoms with Gasteiger partial charge in [0.15, 0.2) is 0 Å². The molecule has 1 aliphatic rings. The second-order valence-electron chi connectivity index (χ2n) is 7.97. The zero-order chi connectivity index (χ0) is 21.1. The molecule has 6 nitrogen and oxygen atoms in total. The highest BCUT2D eigenvalue weighted by Gasteiger charge is 2.27. The van der Waals surface area contributed by atoms with Crippen LogP contribution in [0.4, 0.5) is 0 Å². The third-order valence-electron chi connectivity index (χ3n) is 5.59. The number of aryl methyl sites for hydroxylation is 2. The van der Waals surface area contributed by atoms with Crippen LogP contribution >= 0.6 is 0 Å². The summed E-state index contributed by atoms with van der Waals surface area (Å²) in [5.41, 5.74) is 4.65. The highest BCUT2D eigenvalue weighted by Crippen LogP contribution is 2.28. The fraction of sp³-hybridized carbons (Fsp3) is 0.333. The summed E-state index contributed by atoms with van der Waals surface area (Å²) in [4.78, 5) is 31.1. The monoisotopic (exact) mass is 402 g/mol. The third-order valence-corrected chi connectivity index (χ3v) is 5.59. The van der Waals surface area contributed by atoms with Gasteiger partial charge in [-0.3, -0.25) is 14.6 Å². The van der Waals surface area contributed by atoms with Crippen molar-refractivity contribution in [3.63, 3.8) is 0 Å². The molecule has 30 heavy (non-hydrogen) atoms. The Balaban J connectivity index is 1.53. The lowest BCUT2D eigenvalue weighted by molar-refractivity contribution is 0.0697. The number of hydrogen-bond acceptors (Lipinski definition) is 4. The van der Waals surface area contributed by atoms with E-state index in [-0.39, 0.29) is 17.4 Å². The van der Waals surface area contributed by atoms with Gasteiger partial charge in [-0.15, -0.1) is 0 Å². The van der Waals surface area contributed by atoms with Gasteiger partial charge in [0, 0.05) is 43.5 Å². The van der Waals surface area contributed by atoms with E-state index in [4.69, 9.17) is 4.98 Å². The fourth-order valence-electron chi connectivity index (χ4n) is 4.09. The average molecular weight is 402 g/mol. The second kappa shape index (κ2) is 8.61. The summed E-state index contributed by atoms with van der Waals surface area (Å²) in [6.07, 6.45) is 2.80. The smallest absolute Gasteiger partial charge is 0.274 e. The van der Waals surface area contributed by atoms with Crippen molar-refractivity contribution in [1.82, 2.24) is 19.7 Å². The van der Waals surface area contributed by atoms with Crippen molar-refractivity contribution < 1.29 is 4.79 Å². The van der Waals surface area contributed by atoms with E-state index in [9.17, 15) is 9.59 Å². The van der Waals surface area contributed by atoms with E-state index in [1.54, 1.807) is 7.05 Å². The predicted molar refractivity (Wildman–Crippen MR) is 116 cm³/mol. The zero-order valence-corrected chi connectivity index (χ0v) is 17.4. The summed E-state index contributed by atoms with van der Waals surface area (Å²) in [5, 5.41) is 4.12. The number of likely N-dealkylation sites (tertiary alicyclic amines) is 1. The van der Waals surface area contributed by atoms with E-state index < -0.39 is 0 Å². The first kappa shape index (κ1) is 20.0. The van der Waals surface area contributed by atoms with Crippen molar-refractivity contribution in [2.75, 3.05) is 13.1 Å². The Kier molecular flexibility index (Phi) is 5.74. The van der Waals surface area contributed by atoms with Gasteiger partial charge in [-0.25, -0.2) is 4.68 Å². The van der Waals surface area contributed by atoms with Crippen LogP contribution in [-0.2, 0) is 13.5 Å². The number of benzene rings is 1. The predicted octanol–water partition coefficient (Wildman–Crippen LogP) is 3.09. The Hall–Kier alpha value is -3.28. The van der Waals surface area contributed by atoms with Crippen LogP contribution in [0.5, 0.6) is 0 Å². The highest BCUT2D eigenvalue weighted by atomic mass is 16.2. The summed E-state index contributed by atoms with van der Waals surface area (Å²) in [5.74, 6) is 0.0668. The molecule has 2 aromatic heterocycles. The van der Waals surface area contributed by atoms with Crippen LogP contribution in [-0.4, -0.2) is 38.7 Å². The van der Waals surface area contributed by atoms with Crippen LogP contribution in [0.1, 0.15) is 51.8 Å². The van der Waals surface area contributed by atoms with Crippen LogP contribution in [0.15, 0.2) is 59.4 Å². The van der Waals surface area contributed by atoms with Crippen LogP contribution in [0.25, 0.3) is 0 Å². The van der Waals surface area contributed by atoms with Crippen LogP contribution < -0.4 is 5.56 Å². The molecule has 154 valence electrons. The molecule has 1 aliphatic heterocycles. The number of hydrogen-bond donors (Lipinski definition) is 0. The Bertz CT molecular complexity index is 1110. The molecule has 0 bridgehead atoms. The average Bonchev–Trinajstić information content (AvgIpc) is 2.75. The molecule has 6 heteroatoms. The van der Waals surface area contributed by atoms with Gasteiger partial charge in [0.25, 0.3) is 11.5 Å². The summed E-state index contributed by atoms with van der Waals surface area (Å²) in [6.45, 7) is 3.34. The van der Waals surface area contributed by atoms with E-state index in [2.05, 4.69) is 41.5 Å². The van der Waals surface area contributed by atoms with Crippen molar-refractivity contribution >= 4 is 5.91 Å². The van der Waals surface area contributed by atoms with E-state index >= 15 is 0 Å².